The molecule has 264 valence electrons. The van der Waals surface area contributed by atoms with E-state index < -0.39 is 0 Å². The van der Waals surface area contributed by atoms with Crippen molar-refractivity contribution < 1.29 is 0 Å². The van der Waals surface area contributed by atoms with Crippen LogP contribution in [0, 0.1) is 23.2 Å². The van der Waals surface area contributed by atoms with Gasteiger partial charge in [-0.15, -0.1) is 0 Å². The molecule has 0 aliphatic heterocycles. The first-order valence-electron chi connectivity index (χ1n) is 21.1. The molecule has 0 radical (unpaired) electrons. The van der Waals surface area contributed by atoms with E-state index >= 15 is 0 Å². The Labute approximate surface area is 288 Å². The standard InChI is InChI=1S/C44H83P/c1-3-5-7-9-11-13-15-17-19-21-23-25-27-29-31-33-35-37-39-41-43-45-44-42-40-38-36-34-32-30-28-26-24-22-20-18-16-14-12-10-8-6-4-2/h45H,3-40H2,1-2H3. The Kier molecular flexibility index (Phi) is 43.1. The van der Waals surface area contributed by atoms with Crippen molar-refractivity contribution in [2.24, 2.45) is 0 Å². The van der Waals surface area contributed by atoms with Gasteiger partial charge in [-0.3, -0.25) is 0 Å². The van der Waals surface area contributed by atoms with E-state index in [0.29, 0.717) is 8.58 Å². The summed E-state index contributed by atoms with van der Waals surface area (Å²) < 4.78 is 0. The maximum absolute atomic E-state index is 3.36. The highest BCUT2D eigenvalue weighted by atomic mass is 31.1. The molecule has 0 amide bonds. The van der Waals surface area contributed by atoms with Crippen molar-refractivity contribution in [3.05, 3.63) is 0 Å². The zero-order valence-electron chi connectivity index (χ0n) is 31.4. The van der Waals surface area contributed by atoms with Crippen LogP contribution in [0.25, 0.3) is 0 Å². The summed E-state index contributed by atoms with van der Waals surface area (Å²) in [6.07, 6.45) is 53.9. The molecule has 0 rings (SSSR count). The van der Waals surface area contributed by atoms with Gasteiger partial charge in [-0.25, -0.2) is 0 Å². The molecule has 0 atom stereocenters. The Morgan fingerprint density at radius 3 is 0.622 bits per heavy atom. The quantitative estimate of drug-likeness (QED) is 0.0362. The first-order valence-corrected chi connectivity index (χ1v) is 22.1. The molecule has 0 saturated heterocycles. The Morgan fingerprint density at radius 1 is 0.244 bits per heavy atom. The van der Waals surface area contributed by atoms with Gasteiger partial charge in [-0.1, -0.05) is 255 Å². The van der Waals surface area contributed by atoms with Crippen molar-refractivity contribution in [3.63, 3.8) is 0 Å². The molecule has 1 heteroatoms. The zero-order valence-corrected chi connectivity index (χ0v) is 32.4. The van der Waals surface area contributed by atoms with Gasteiger partial charge in [0.25, 0.3) is 0 Å². The Morgan fingerprint density at radius 2 is 0.422 bits per heavy atom. The molecule has 0 aliphatic rings. The van der Waals surface area contributed by atoms with Gasteiger partial charge in [0.05, 0.1) is 0 Å². The molecule has 0 N–H and O–H groups in total. The smallest absolute Gasteiger partial charge is 0.0358 e. The van der Waals surface area contributed by atoms with Crippen LogP contribution < -0.4 is 0 Å². The van der Waals surface area contributed by atoms with E-state index in [9.17, 15) is 0 Å². The summed E-state index contributed by atoms with van der Waals surface area (Å²) in [6.45, 7) is 4.61. The van der Waals surface area contributed by atoms with Gasteiger partial charge in [0.2, 0.25) is 0 Å². The summed E-state index contributed by atoms with van der Waals surface area (Å²) in [6, 6.07) is 0. The van der Waals surface area contributed by atoms with Crippen LogP contribution in [0.2, 0.25) is 0 Å². The van der Waals surface area contributed by atoms with E-state index in [1.54, 1.807) is 0 Å². The minimum atomic E-state index is 0.531. The van der Waals surface area contributed by atoms with Gasteiger partial charge in [-0.05, 0) is 12.8 Å². The fourth-order valence-corrected chi connectivity index (χ4v) is 6.96. The van der Waals surface area contributed by atoms with E-state index in [1.165, 1.54) is 231 Å². The first-order chi connectivity index (χ1) is 22.4. The highest BCUT2D eigenvalue weighted by molar-refractivity contribution is 7.49. The van der Waals surface area contributed by atoms with Crippen LogP contribution in [0.3, 0.4) is 0 Å². The van der Waals surface area contributed by atoms with Gasteiger partial charge in [0, 0.05) is 21.4 Å². The second-order valence-corrected chi connectivity index (χ2v) is 15.0. The molecule has 0 aromatic rings. The van der Waals surface area contributed by atoms with Crippen LogP contribution >= 0.6 is 8.58 Å². The van der Waals surface area contributed by atoms with Crippen LogP contribution in [0.15, 0.2) is 0 Å². The van der Waals surface area contributed by atoms with E-state index in [0.717, 1.165) is 12.8 Å². The predicted octanol–water partition coefficient (Wildman–Crippen LogP) is 16.5. The third-order valence-corrected chi connectivity index (χ3v) is 10.2. The number of hydrogen-bond donors (Lipinski definition) is 0. The van der Waals surface area contributed by atoms with Crippen LogP contribution in [0.5, 0.6) is 0 Å². The minimum Gasteiger partial charge on any atom is -0.0979 e. The van der Waals surface area contributed by atoms with Crippen molar-refractivity contribution in [1.82, 2.24) is 0 Å². The van der Waals surface area contributed by atoms with Crippen molar-refractivity contribution in [2.45, 2.75) is 258 Å². The minimum absolute atomic E-state index is 0.531. The molecule has 0 bridgehead atoms. The maximum Gasteiger partial charge on any atom is 0.0358 e. The lowest BCUT2D eigenvalue weighted by atomic mass is 10.0. The summed E-state index contributed by atoms with van der Waals surface area (Å²) in [5.41, 5.74) is 6.61. The maximum atomic E-state index is 3.36. The Hall–Kier alpha value is -0.450. The molecule has 0 fully saturated rings. The van der Waals surface area contributed by atoms with Gasteiger partial charge in [-0.2, -0.15) is 0 Å². The molecule has 0 aliphatic carbocycles. The first kappa shape index (κ1) is 44.5. The number of rotatable bonds is 36. The van der Waals surface area contributed by atoms with E-state index in [1.807, 2.05) is 0 Å². The third kappa shape index (κ3) is 43.6. The molecule has 0 saturated carbocycles. The third-order valence-electron chi connectivity index (χ3n) is 9.61. The van der Waals surface area contributed by atoms with Gasteiger partial charge < -0.3 is 0 Å². The monoisotopic (exact) mass is 643 g/mol. The van der Waals surface area contributed by atoms with Gasteiger partial charge in [0.15, 0.2) is 0 Å². The largest absolute Gasteiger partial charge is 0.0979 e. The predicted molar refractivity (Wildman–Crippen MR) is 211 cm³/mol. The summed E-state index contributed by atoms with van der Waals surface area (Å²) in [5, 5.41) is 0. The molecule has 0 nitrogen and oxygen atoms in total. The average Bonchev–Trinajstić information content (AvgIpc) is 3.05. The van der Waals surface area contributed by atoms with Gasteiger partial charge in [0.1, 0.15) is 0 Å². The summed E-state index contributed by atoms with van der Waals surface area (Å²) >= 11 is 0. The molecule has 0 aromatic heterocycles. The van der Waals surface area contributed by atoms with Gasteiger partial charge >= 0.3 is 0 Å². The fraction of sp³-hybridized carbons (Fsp3) is 0.909. The molecule has 0 spiro atoms. The molecule has 0 unspecified atom stereocenters. The molecular weight excluding hydrogens is 559 g/mol. The summed E-state index contributed by atoms with van der Waals surface area (Å²) in [7, 11) is 0.531. The SMILES string of the molecule is CCCCCCCCCCCCCCCCCCCCC#CPC#CCCCCCCCCCCCCCCCCCCCC. The topological polar surface area (TPSA) is 0 Å². The normalized spacial score (nSPS) is 10.9. The second kappa shape index (κ2) is 43.5. The molecular formula is C44H83P. The average molecular weight is 643 g/mol. The van der Waals surface area contributed by atoms with Crippen molar-refractivity contribution in [3.8, 4) is 23.2 Å². The lowest BCUT2D eigenvalue weighted by Crippen LogP contribution is -1.84. The van der Waals surface area contributed by atoms with Crippen LogP contribution in [0.4, 0.5) is 0 Å². The fourth-order valence-electron chi connectivity index (χ4n) is 6.47. The van der Waals surface area contributed by atoms with E-state index in [4.69, 9.17) is 0 Å². The van der Waals surface area contributed by atoms with Crippen molar-refractivity contribution in [1.29, 1.82) is 0 Å². The number of hydrogen-bond acceptors (Lipinski definition) is 0. The lowest BCUT2D eigenvalue weighted by Gasteiger charge is -2.03. The van der Waals surface area contributed by atoms with Crippen molar-refractivity contribution >= 4 is 8.58 Å². The van der Waals surface area contributed by atoms with Crippen molar-refractivity contribution in [2.75, 3.05) is 0 Å². The molecule has 0 heterocycles. The highest BCUT2D eigenvalue weighted by Crippen LogP contribution is 2.16. The molecule has 45 heavy (non-hydrogen) atoms. The molecule has 0 aromatic carbocycles. The Bertz CT molecular complexity index is 587. The second-order valence-electron chi connectivity index (χ2n) is 14.2. The van der Waals surface area contributed by atoms with E-state index in [2.05, 4.69) is 37.0 Å². The zero-order chi connectivity index (χ0) is 32.4. The van der Waals surface area contributed by atoms with E-state index in [-0.39, 0.29) is 0 Å². The lowest BCUT2D eigenvalue weighted by molar-refractivity contribution is 0.525. The number of unbranched alkanes of at least 4 members (excludes halogenated alkanes) is 36. The van der Waals surface area contributed by atoms with Crippen LogP contribution in [-0.2, 0) is 0 Å². The highest BCUT2D eigenvalue weighted by Gasteiger charge is 1.96. The summed E-state index contributed by atoms with van der Waals surface area (Å²) in [4.78, 5) is 0. The van der Waals surface area contributed by atoms with Crippen LogP contribution in [0.1, 0.15) is 258 Å². The Balaban J connectivity index is 3.18. The van der Waals surface area contributed by atoms with Crippen LogP contribution in [-0.4, -0.2) is 0 Å². The summed E-state index contributed by atoms with van der Waals surface area (Å²) in [5.74, 6) is 6.72.